The average molecular weight is 259 g/mol. The van der Waals surface area contributed by atoms with Crippen molar-refractivity contribution >= 4 is 5.97 Å². The maximum Gasteiger partial charge on any atom is 0.337 e. The number of esters is 1. The first-order valence-corrected chi connectivity index (χ1v) is 5.57. The maximum absolute atomic E-state index is 11.3. The van der Waals surface area contributed by atoms with Crippen LogP contribution in [0.25, 0.3) is 11.1 Å². The SMILES string of the molecule is COC(=O)c1ccc(-c2ccc(OC)nc2)c(O)c1. The highest BCUT2D eigenvalue weighted by atomic mass is 16.5. The van der Waals surface area contributed by atoms with Crippen molar-refractivity contribution in [3.63, 3.8) is 0 Å². The predicted octanol–water partition coefficient (Wildman–Crippen LogP) is 2.25. The topological polar surface area (TPSA) is 68.7 Å². The van der Waals surface area contributed by atoms with E-state index in [0.717, 1.165) is 5.56 Å². The number of pyridine rings is 1. The lowest BCUT2D eigenvalue weighted by molar-refractivity contribution is 0.0600. The zero-order valence-electron chi connectivity index (χ0n) is 10.6. The molecule has 5 heteroatoms. The van der Waals surface area contributed by atoms with Gasteiger partial charge in [-0.2, -0.15) is 0 Å². The highest BCUT2D eigenvalue weighted by Gasteiger charge is 2.10. The summed E-state index contributed by atoms with van der Waals surface area (Å²) in [6, 6.07) is 8.07. The highest BCUT2D eigenvalue weighted by Crippen LogP contribution is 2.30. The second-order valence-electron chi connectivity index (χ2n) is 3.81. The molecule has 1 heterocycles. The number of ether oxygens (including phenoxy) is 2. The predicted molar refractivity (Wildman–Crippen MR) is 69.2 cm³/mol. The number of benzene rings is 1. The molecule has 98 valence electrons. The zero-order valence-corrected chi connectivity index (χ0v) is 10.6. The second-order valence-corrected chi connectivity index (χ2v) is 3.81. The number of aromatic nitrogens is 1. The number of methoxy groups -OCH3 is 2. The van der Waals surface area contributed by atoms with Crippen LogP contribution in [0.5, 0.6) is 11.6 Å². The summed E-state index contributed by atoms with van der Waals surface area (Å²) in [6.07, 6.45) is 1.59. The largest absolute Gasteiger partial charge is 0.507 e. The van der Waals surface area contributed by atoms with Gasteiger partial charge in [-0.1, -0.05) is 0 Å². The summed E-state index contributed by atoms with van der Waals surface area (Å²) in [7, 11) is 2.82. The van der Waals surface area contributed by atoms with Gasteiger partial charge >= 0.3 is 5.97 Å². The van der Waals surface area contributed by atoms with Crippen LogP contribution in [0.4, 0.5) is 0 Å². The molecule has 0 aliphatic carbocycles. The first-order valence-electron chi connectivity index (χ1n) is 5.57. The van der Waals surface area contributed by atoms with Crippen molar-refractivity contribution in [1.82, 2.24) is 4.98 Å². The molecule has 1 N–H and O–H groups in total. The summed E-state index contributed by atoms with van der Waals surface area (Å²) >= 11 is 0. The highest BCUT2D eigenvalue weighted by molar-refractivity contribution is 5.91. The lowest BCUT2D eigenvalue weighted by atomic mass is 10.0. The van der Waals surface area contributed by atoms with Gasteiger partial charge in [-0.3, -0.25) is 0 Å². The number of carbonyl (C=O) groups is 1. The van der Waals surface area contributed by atoms with Gasteiger partial charge in [0.15, 0.2) is 0 Å². The Kier molecular flexibility index (Phi) is 3.66. The van der Waals surface area contributed by atoms with E-state index in [9.17, 15) is 9.90 Å². The standard InChI is InChI=1S/C14H13NO4/c1-18-13-6-4-10(8-15-13)11-5-3-9(7-12(11)16)14(17)19-2/h3-8,16H,1-2H3. The molecule has 0 saturated heterocycles. The average Bonchev–Trinajstić information content (AvgIpc) is 2.46. The number of phenolic OH excluding ortho intramolecular Hbond substituents is 1. The molecule has 0 unspecified atom stereocenters. The van der Waals surface area contributed by atoms with Crippen LogP contribution in [-0.2, 0) is 4.74 Å². The number of phenols is 1. The van der Waals surface area contributed by atoms with Crippen molar-refractivity contribution in [2.75, 3.05) is 14.2 Å². The van der Waals surface area contributed by atoms with Gasteiger partial charge in [0.1, 0.15) is 5.75 Å². The molecule has 2 aromatic rings. The van der Waals surface area contributed by atoms with Gasteiger partial charge in [0.05, 0.1) is 19.8 Å². The molecule has 2 rings (SSSR count). The van der Waals surface area contributed by atoms with Gasteiger partial charge in [0.2, 0.25) is 5.88 Å². The fourth-order valence-corrected chi connectivity index (χ4v) is 1.68. The third-order valence-corrected chi connectivity index (χ3v) is 2.68. The molecule has 0 spiro atoms. The Labute approximate surface area is 110 Å². The molecular weight excluding hydrogens is 246 g/mol. The van der Waals surface area contributed by atoms with Crippen LogP contribution in [0, 0.1) is 0 Å². The molecule has 0 radical (unpaired) electrons. The summed E-state index contributed by atoms with van der Waals surface area (Å²) in [5.74, 6) is -0.000932. The van der Waals surface area contributed by atoms with Crippen LogP contribution >= 0.6 is 0 Å². The van der Waals surface area contributed by atoms with Crippen molar-refractivity contribution < 1.29 is 19.4 Å². The summed E-state index contributed by atoms with van der Waals surface area (Å²) in [5.41, 5.74) is 1.61. The number of carbonyl (C=O) groups excluding carboxylic acids is 1. The van der Waals surface area contributed by atoms with Gasteiger partial charge < -0.3 is 14.6 Å². The zero-order chi connectivity index (χ0) is 13.8. The molecule has 0 fully saturated rings. The van der Waals surface area contributed by atoms with Gasteiger partial charge in [-0.05, 0) is 24.3 Å². The Morgan fingerprint density at radius 2 is 2.00 bits per heavy atom. The van der Waals surface area contributed by atoms with Crippen LogP contribution in [0.3, 0.4) is 0 Å². The van der Waals surface area contributed by atoms with Crippen molar-refractivity contribution in [2.45, 2.75) is 0 Å². The quantitative estimate of drug-likeness (QED) is 0.856. The fraction of sp³-hybridized carbons (Fsp3) is 0.143. The van der Waals surface area contributed by atoms with E-state index in [2.05, 4.69) is 9.72 Å². The van der Waals surface area contributed by atoms with Crippen LogP contribution in [0.2, 0.25) is 0 Å². The number of aromatic hydroxyl groups is 1. The van der Waals surface area contributed by atoms with Gasteiger partial charge in [-0.25, -0.2) is 9.78 Å². The van der Waals surface area contributed by atoms with Crippen molar-refractivity contribution in [3.8, 4) is 22.8 Å². The van der Waals surface area contributed by atoms with Crippen LogP contribution in [0.1, 0.15) is 10.4 Å². The Hall–Kier alpha value is -2.56. The molecule has 0 saturated carbocycles. The Morgan fingerprint density at radius 1 is 1.21 bits per heavy atom. The summed E-state index contributed by atoms with van der Waals surface area (Å²) in [6.45, 7) is 0. The molecule has 0 aliphatic heterocycles. The number of hydrogen-bond acceptors (Lipinski definition) is 5. The van der Waals surface area contributed by atoms with E-state index in [-0.39, 0.29) is 5.75 Å². The Balaban J connectivity index is 2.37. The van der Waals surface area contributed by atoms with E-state index in [0.29, 0.717) is 17.0 Å². The first kappa shape index (κ1) is 12.9. The minimum Gasteiger partial charge on any atom is -0.507 e. The van der Waals surface area contributed by atoms with E-state index < -0.39 is 5.97 Å². The van der Waals surface area contributed by atoms with Gasteiger partial charge in [0, 0.05) is 23.4 Å². The number of hydrogen-bond donors (Lipinski definition) is 1. The van der Waals surface area contributed by atoms with Crippen LogP contribution < -0.4 is 4.74 Å². The smallest absolute Gasteiger partial charge is 0.337 e. The molecule has 0 bridgehead atoms. The van der Waals surface area contributed by atoms with Gasteiger partial charge in [-0.15, -0.1) is 0 Å². The molecule has 0 amide bonds. The molecule has 19 heavy (non-hydrogen) atoms. The first-order chi connectivity index (χ1) is 9.15. The molecule has 0 aliphatic rings. The monoisotopic (exact) mass is 259 g/mol. The third-order valence-electron chi connectivity index (χ3n) is 2.68. The molecule has 5 nitrogen and oxygen atoms in total. The van der Waals surface area contributed by atoms with E-state index in [1.807, 2.05) is 0 Å². The van der Waals surface area contributed by atoms with Crippen molar-refractivity contribution in [2.24, 2.45) is 0 Å². The Bertz CT molecular complexity index is 593. The van der Waals surface area contributed by atoms with E-state index in [1.54, 1.807) is 30.5 Å². The van der Waals surface area contributed by atoms with Crippen LogP contribution in [-0.4, -0.2) is 30.3 Å². The number of nitrogens with zero attached hydrogens (tertiary/aromatic N) is 1. The summed E-state index contributed by atoms with van der Waals surface area (Å²) in [5, 5.41) is 9.95. The maximum atomic E-state index is 11.3. The lowest BCUT2D eigenvalue weighted by Gasteiger charge is -2.07. The third kappa shape index (κ3) is 2.65. The summed E-state index contributed by atoms with van der Waals surface area (Å²) in [4.78, 5) is 15.4. The fourth-order valence-electron chi connectivity index (χ4n) is 1.68. The Morgan fingerprint density at radius 3 is 2.53 bits per heavy atom. The second kappa shape index (κ2) is 5.39. The molecule has 0 atom stereocenters. The summed E-state index contributed by atoms with van der Waals surface area (Å²) < 4.78 is 9.55. The minimum atomic E-state index is -0.491. The minimum absolute atomic E-state index is 0.00475. The van der Waals surface area contributed by atoms with E-state index in [4.69, 9.17) is 4.74 Å². The van der Waals surface area contributed by atoms with Crippen molar-refractivity contribution in [3.05, 3.63) is 42.1 Å². The van der Waals surface area contributed by atoms with Crippen molar-refractivity contribution in [1.29, 1.82) is 0 Å². The van der Waals surface area contributed by atoms with Gasteiger partial charge in [0.25, 0.3) is 0 Å². The molecule has 1 aromatic carbocycles. The van der Waals surface area contributed by atoms with Crippen LogP contribution in [0.15, 0.2) is 36.5 Å². The molecule has 1 aromatic heterocycles. The van der Waals surface area contributed by atoms with E-state index >= 15 is 0 Å². The normalized spacial score (nSPS) is 10.0. The number of rotatable bonds is 3. The van der Waals surface area contributed by atoms with E-state index in [1.165, 1.54) is 20.3 Å². The molecular formula is C14H13NO4. The lowest BCUT2D eigenvalue weighted by Crippen LogP contribution is -2.00.